The molecule has 1 amide bonds. The summed E-state index contributed by atoms with van der Waals surface area (Å²) in [4.78, 5) is 12.0. The third kappa shape index (κ3) is 3.69. The van der Waals surface area contributed by atoms with Crippen LogP contribution in [-0.2, 0) is 16.6 Å². The second-order valence-electron chi connectivity index (χ2n) is 6.05. The standard InChI is InChI=1S/C19H20ClNO/c20-17-9-7-16(8-10-17)19(12-13-19)14-21-18(22)11-6-15-4-2-1-3-5-15/h1-5,7-10H,6,11-14H2,(H,21,22). The van der Waals surface area contributed by atoms with E-state index >= 15 is 0 Å². The van der Waals surface area contributed by atoms with Crippen molar-refractivity contribution < 1.29 is 4.79 Å². The molecule has 114 valence electrons. The zero-order valence-electron chi connectivity index (χ0n) is 12.5. The van der Waals surface area contributed by atoms with E-state index in [9.17, 15) is 4.79 Å². The van der Waals surface area contributed by atoms with Crippen LogP contribution in [0.1, 0.15) is 30.4 Å². The fourth-order valence-electron chi connectivity index (χ4n) is 2.78. The van der Waals surface area contributed by atoms with Gasteiger partial charge < -0.3 is 5.32 Å². The molecule has 2 aromatic rings. The van der Waals surface area contributed by atoms with Crippen LogP contribution in [0.3, 0.4) is 0 Å². The first-order valence-corrected chi connectivity index (χ1v) is 8.12. The van der Waals surface area contributed by atoms with Gasteiger partial charge in [-0.3, -0.25) is 4.79 Å². The number of nitrogens with one attached hydrogen (secondary N) is 1. The van der Waals surface area contributed by atoms with Crippen molar-refractivity contribution in [1.29, 1.82) is 0 Å². The largest absolute Gasteiger partial charge is 0.355 e. The predicted octanol–water partition coefficient (Wildman–Crippen LogP) is 4.12. The Hall–Kier alpha value is -1.80. The van der Waals surface area contributed by atoms with Crippen LogP contribution in [0, 0.1) is 0 Å². The van der Waals surface area contributed by atoms with Gasteiger partial charge in [-0.05, 0) is 42.5 Å². The van der Waals surface area contributed by atoms with Gasteiger partial charge in [0.1, 0.15) is 0 Å². The predicted molar refractivity (Wildman–Crippen MR) is 90.1 cm³/mol. The van der Waals surface area contributed by atoms with Crippen LogP contribution in [0.2, 0.25) is 5.02 Å². The molecule has 1 saturated carbocycles. The van der Waals surface area contributed by atoms with Gasteiger partial charge in [0.15, 0.2) is 0 Å². The monoisotopic (exact) mass is 313 g/mol. The van der Waals surface area contributed by atoms with Crippen molar-refractivity contribution in [3.8, 4) is 0 Å². The molecular formula is C19H20ClNO. The van der Waals surface area contributed by atoms with E-state index in [1.165, 1.54) is 11.1 Å². The summed E-state index contributed by atoms with van der Waals surface area (Å²) in [6.07, 6.45) is 3.60. The van der Waals surface area contributed by atoms with E-state index in [2.05, 4.69) is 29.6 Å². The van der Waals surface area contributed by atoms with Crippen molar-refractivity contribution in [2.75, 3.05) is 6.54 Å². The molecule has 1 aliphatic rings. The van der Waals surface area contributed by atoms with Crippen molar-refractivity contribution in [2.45, 2.75) is 31.1 Å². The Morgan fingerprint density at radius 3 is 2.36 bits per heavy atom. The minimum atomic E-state index is 0.129. The first kappa shape index (κ1) is 15.1. The number of aryl methyl sites for hydroxylation is 1. The lowest BCUT2D eigenvalue weighted by Crippen LogP contribution is -2.32. The summed E-state index contributed by atoms with van der Waals surface area (Å²) in [5, 5.41) is 3.85. The number of rotatable bonds is 6. The van der Waals surface area contributed by atoms with E-state index in [1.807, 2.05) is 30.3 Å². The summed E-state index contributed by atoms with van der Waals surface area (Å²) < 4.78 is 0. The second-order valence-corrected chi connectivity index (χ2v) is 6.49. The molecule has 0 aliphatic heterocycles. The van der Waals surface area contributed by atoms with Crippen molar-refractivity contribution in [1.82, 2.24) is 5.32 Å². The lowest BCUT2D eigenvalue weighted by molar-refractivity contribution is -0.121. The van der Waals surface area contributed by atoms with E-state index in [4.69, 9.17) is 11.6 Å². The molecule has 2 aromatic carbocycles. The molecule has 3 heteroatoms. The maximum Gasteiger partial charge on any atom is 0.220 e. The minimum absolute atomic E-state index is 0.129. The first-order chi connectivity index (χ1) is 10.7. The molecule has 0 bridgehead atoms. The maximum atomic E-state index is 12.0. The summed E-state index contributed by atoms with van der Waals surface area (Å²) in [6, 6.07) is 18.1. The highest BCUT2D eigenvalue weighted by Gasteiger charge is 2.44. The van der Waals surface area contributed by atoms with Gasteiger partial charge in [-0.2, -0.15) is 0 Å². The minimum Gasteiger partial charge on any atom is -0.355 e. The number of carbonyl (C=O) groups is 1. The second kappa shape index (κ2) is 6.53. The van der Waals surface area contributed by atoms with E-state index in [1.54, 1.807) is 0 Å². The first-order valence-electron chi connectivity index (χ1n) is 7.75. The molecule has 0 atom stereocenters. The zero-order valence-corrected chi connectivity index (χ0v) is 13.3. The van der Waals surface area contributed by atoms with E-state index < -0.39 is 0 Å². The van der Waals surface area contributed by atoms with Crippen LogP contribution in [0.25, 0.3) is 0 Å². The van der Waals surface area contributed by atoms with Gasteiger partial charge in [-0.1, -0.05) is 54.1 Å². The van der Waals surface area contributed by atoms with Gasteiger partial charge in [0.2, 0.25) is 5.91 Å². The Labute approximate surface area is 136 Å². The molecule has 0 saturated heterocycles. The summed E-state index contributed by atoms with van der Waals surface area (Å²) in [7, 11) is 0. The van der Waals surface area contributed by atoms with Gasteiger partial charge in [-0.25, -0.2) is 0 Å². The van der Waals surface area contributed by atoms with E-state index in [0.29, 0.717) is 6.42 Å². The van der Waals surface area contributed by atoms with Crippen molar-refractivity contribution >= 4 is 17.5 Å². The quantitative estimate of drug-likeness (QED) is 0.854. The Kier molecular flexibility index (Phi) is 4.49. The highest BCUT2D eigenvalue weighted by molar-refractivity contribution is 6.30. The summed E-state index contributed by atoms with van der Waals surface area (Å²) in [5.41, 5.74) is 2.62. The van der Waals surface area contributed by atoms with Crippen LogP contribution < -0.4 is 5.32 Å². The molecular weight excluding hydrogens is 294 g/mol. The molecule has 22 heavy (non-hydrogen) atoms. The van der Waals surface area contributed by atoms with Crippen LogP contribution >= 0.6 is 11.6 Å². The van der Waals surface area contributed by atoms with E-state index in [0.717, 1.165) is 30.8 Å². The molecule has 3 rings (SSSR count). The number of halogens is 1. The number of carbonyl (C=O) groups excluding carboxylic acids is 1. The topological polar surface area (TPSA) is 29.1 Å². The van der Waals surface area contributed by atoms with E-state index in [-0.39, 0.29) is 11.3 Å². The Balaban J connectivity index is 1.49. The smallest absolute Gasteiger partial charge is 0.220 e. The highest BCUT2D eigenvalue weighted by Crippen LogP contribution is 2.47. The third-order valence-corrected chi connectivity index (χ3v) is 4.67. The Morgan fingerprint density at radius 2 is 1.73 bits per heavy atom. The Morgan fingerprint density at radius 1 is 1.05 bits per heavy atom. The normalized spacial score (nSPS) is 15.3. The maximum absolute atomic E-state index is 12.0. The number of hydrogen-bond donors (Lipinski definition) is 1. The van der Waals surface area contributed by atoms with Crippen LogP contribution in [0.15, 0.2) is 54.6 Å². The molecule has 2 nitrogen and oxygen atoms in total. The Bertz CT molecular complexity index is 632. The van der Waals surface area contributed by atoms with Gasteiger partial charge in [0.25, 0.3) is 0 Å². The summed E-state index contributed by atoms with van der Waals surface area (Å²) in [6.45, 7) is 0.724. The zero-order chi connectivity index (χ0) is 15.4. The lowest BCUT2D eigenvalue weighted by atomic mass is 9.96. The fourth-order valence-corrected chi connectivity index (χ4v) is 2.91. The molecule has 0 aromatic heterocycles. The van der Waals surface area contributed by atoms with Crippen molar-refractivity contribution in [3.63, 3.8) is 0 Å². The fraction of sp³-hybridized carbons (Fsp3) is 0.316. The summed E-state index contributed by atoms with van der Waals surface area (Å²) >= 11 is 5.94. The van der Waals surface area contributed by atoms with Crippen LogP contribution in [-0.4, -0.2) is 12.5 Å². The molecule has 1 fully saturated rings. The van der Waals surface area contributed by atoms with Crippen LogP contribution in [0.5, 0.6) is 0 Å². The van der Waals surface area contributed by atoms with Gasteiger partial charge in [0, 0.05) is 23.4 Å². The van der Waals surface area contributed by atoms with Gasteiger partial charge >= 0.3 is 0 Å². The lowest BCUT2D eigenvalue weighted by Gasteiger charge is -2.16. The average Bonchev–Trinajstić information content (AvgIpc) is 3.34. The third-order valence-electron chi connectivity index (χ3n) is 4.42. The number of benzene rings is 2. The number of hydrogen-bond acceptors (Lipinski definition) is 1. The van der Waals surface area contributed by atoms with Crippen molar-refractivity contribution in [2.24, 2.45) is 0 Å². The molecule has 0 unspecified atom stereocenters. The SMILES string of the molecule is O=C(CCc1ccccc1)NCC1(c2ccc(Cl)cc2)CC1. The molecule has 0 spiro atoms. The summed E-state index contributed by atoms with van der Waals surface area (Å²) in [5.74, 6) is 0.129. The average molecular weight is 314 g/mol. The molecule has 1 aliphatic carbocycles. The van der Waals surface area contributed by atoms with Gasteiger partial charge in [-0.15, -0.1) is 0 Å². The van der Waals surface area contributed by atoms with Crippen molar-refractivity contribution in [3.05, 3.63) is 70.7 Å². The molecule has 0 heterocycles. The van der Waals surface area contributed by atoms with Gasteiger partial charge in [0.05, 0.1) is 0 Å². The number of amides is 1. The molecule has 0 radical (unpaired) electrons. The highest BCUT2D eigenvalue weighted by atomic mass is 35.5. The van der Waals surface area contributed by atoms with Crippen LogP contribution in [0.4, 0.5) is 0 Å². The molecule has 1 N–H and O–H groups in total.